The molecule has 8 aromatic heterocycles. The SMILES string of the molecule is CCS(=O)(=O)N1CCC(Nc2cc(-c3cc(C#N)cc(C(F)F)c3)cc3ccncc23)CC1.CS(=O)(=O)N1CCC(Nc2cc(-c3cc(C#N)cc(C(F)F)c3)cc3ccncc23)CC1.CS(=O)(=O)N1CCC(Nc2cc(-c3cccc(F)n3)cc3ccncc23)CC1.Cc1cccc(-c2cc(NC3CCN(S(C)(=O)=O)CC3)c3cnccc3c2)n1.Cc1cncc(-c2cc(NC3CCN(S(C)(=O)=O)CC3)c3cnccc3c2)c1F. The molecule has 0 spiro atoms. The number of fused-ring (bicyclic) bond motifs is 5. The molecule has 150 heavy (non-hydrogen) atoms. The van der Waals surface area contributed by atoms with Gasteiger partial charge >= 0.3 is 0 Å². The van der Waals surface area contributed by atoms with E-state index in [0.717, 1.165) is 136 Å². The predicted octanol–water partition coefficient (Wildman–Crippen LogP) is 19.8. The van der Waals surface area contributed by atoms with Crippen LogP contribution in [0.15, 0.2) is 238 Å². The van der Waals surface area contributed by atoms with Crippen LogP contribution in [0.1, 0.15) is 117 Å². The van der Waals surface area contributed by atoms with Gasteiger partial charge in [-0.2, -0.15) is 14.9 Å². The fraction of sp³-hybridized carbons (Fsp3) is 0.321. The van der Waals surface area contributed by atoms with Gasteiger partial charge in [0, 0.05) is 264 Å². The average molecular weight is 2140 g/mol. The molecule has 15 aromatic rings. The molecule has 30 nitrogen and oxygen atoms in total. The number of hydrogen-bond acceptors (Lipinski definition) is 25. The summed E-state index contributed by atoms with van der Waals surface area (Å²) in [5.41, 5.74) is 12.9. The van der Waals surface area contributed by atoms with E-state index in [4.69, 9.17) is 0 Å². The number of benzene rings is 7. The van der Waals surface area contributed by atoms with Gasteiger partial charge in [0.25, 0.3) is 12.9 Å². The van der Waals surface area contributed by atoms with Crippen LogP contribution in [0.4, 0.5) is 54.8 Å². The lowest BCUT2D eigenvalue weighted by molar-refractivity contribution is 0.151. The first kappa shape index (κ1) is 109. The lowest BCUT2D eigenvalue weighted by atomic mass is 9.96. The maximum Gasteiger partial charge on any atom is 0.263 e. The summed E-state index contributed by atoms with van der Waals surface area (Å²) in [7, 11) is -15.8. The molecule has 0 amide bonds. The number of pyridine rings is 8. The Hall–Kier alpha value is -13.9. The Morgan fingerprint density at radius 1 is 0.340 bits per heavy atom. The Morgan fingerprint density at radius 3 is 0.927 bits per heavy atom. The van der Waals surface area contributed by atoms with E-state index < -0.39 is 68.9 Å². The van der Waals surface area contributed by atoms with E-state index in [1.165, 1.54) is 78.8 Å². The number of piperidine rings is 5. The number of hydrogen-bond donors (Lipinski definition) is 5. The van der Waals surface area contributed by atoms with Gasteiger partial charge in [0.05, 0.1) is 65.4 Å². The number of sulfonamides is 5. The third-order valence-corrected chi connectivity index (χ3v) is 34.5. The Morgan fingerprint density at radius 2 is 0.627 bits per heavy atom. The number of halogens is 6. The van der Waals surface area contributed by atoms with E-state index in [-0.39, 0.29) is 64.0 Å². The summed E-state index contributed by atoms with van der Waals surface area (Å²) in [5.74, 6) is -0.706. The smallest absolute Gasteiger partial charge is 0.263 e. The molecule has 0 atom stereocenters. The van der Waals surface area contributed by atoms with Crippen molar-refractivity contribution < 1.29 is 68.4 Å². The van der Waals surface area contributed by atoms with Crippen LogP contribution in [0.5, 0.6) is 0 Å². The highest BCUT2D eigenvalue weighted by Gasteiger charge is 2.33. The van der Waals surface area contributed by atoms with Crippen molar-refractivity contribution >= 4 is 132 Å². The van der Waals surface area contributed by atoms with Crippen LogP contribution >= 0.6 is 0 Å². The van der Waals surface area contributed by atoms with Crippen LogP contribution in [-0.4, -0.2) is 230 Å². The summed E-state index contributed by atoms with van der Waals surface area (Å²) >= 11 is 0. The number of aromatic nitrogens is 8. The largest absolute Gasteiger partial charge is 0.382 e. The molecule has 5 aliphatic heterocycles. The molecule has 0 aliphatic carbocycles. The summed E-state index contributed by atoms with van der Waals surface area (Å²) in [5, 5.41) is 45.8. The highest BCUT2D eigenvalue weighted by atomic mass is 32.2. The van der Waals surface area contributed by atoms with Crippen molar-refractivity contribution in [3.8, 4) is 68.0 Å². The van der Waals surface area contributed by atoms with E-state index in [1.807, 2.05) is 122 Å². The fourth-order valence-electron chi connectivity index (χ4n) is 19.3. The van der Waals surface area contributed by atoms with Gasteiger partial charge in [0.2, 0.25) is 56.1 Å². The van der Waals surface area contributed by atoms with Crippen LogP contribution in [-0.2, 0) is 50.1 Å². The molecule has 5 saturated heterocycles. The topological polar surface area (TPSA) is 398 Å². The van der Waals surface area contributed by atoms with Crippen LogP contribution in [0.2, 0.25) is 0 Å². The van der Waals surface area contributed by atoms with Gasteiger partial charge in [-0.25, -0.2) is 90.6 Å². The van der Waals surface area contributed by atoms with Crippen molar-refractivity contribution in [3.63, 3.8) is 0 Å². The minimum atomic E-state index is -3.21. The zero-order chi connectivity index (χ0) is 107. The standard InChI is InChI=1S/C24H24F2N4O2S.C23H22F2N4O2S.C21H23FN4O2S.C21H24N4O2S.C20H21FN4O2S/c1-2-33(31,32)30-7-4-21(5-8-30)29-23-13-19(11-17-3-6-28-15-22(17)23)18-9-16(14-27)10-20(12-18)24(25)26;1-32(30,31)29-6-3-20(4-7-29)28-22-12-18(10-16-2-5-27-14-21(16)22)17-8-15(13-26)9-19(11-17)23(24)25;1-14-11-24-13-19(21(14)22)16-9-15-3-6-23-12-18(15)20(10-16)25-17-4-7-26(8-5-17)29(2,27)28;1-15-4-3-5-20(23-15)17-12-16-6-9-22-14-19(16)21(13-17)24-18-7-10-25(11-8-18)28(2,26)27;1-28(26,27)25-9-6-16(7-10-25)23-19-12-15(18-3-2-4-20(21)24-18)11-14-5-8-22-13-17(14)19/h3,6,9-13,15,21,24,29H,2,4-5,7-8H2,1H3;2,5,8-12,14,20,23,28H,3-4,6-7H2,1H3;3,6,9-13,17,25H,4-5,7-8H2,1-2H3;3-6,9,12-14,18,24H,7-8,10-11H2,1-2H3;2-5,8,11-13,16,23H,6-7,9-10H2,1H3. The molecular formula is C109H114F6N20O10S5. The number of anilines is 5. The van der Waals surface area contributed by atoms with E-state index in [2.05, 4.69) is 78.6 Å². The minimum Gasteiger partial charge on any atom is -0.382 e. The third-order valence-electron chi connectivity index (χ3n) is 27.4. The minimum absolute atomic E-state index is 0.0636. The van der Waals surface area contributed by atoms with Gasteiger partial charge in [-0.1, -0.05) is 12.1 Å². The second-order valence-electron chi connectivity index (χ2n) is 38.0. The van der Waals surface area contributed by atoms with Crippen molar-refractivity contribution in [1.82, 2.24) is 61.4 Å². The lowest BCUT2D eigenvalue weighted by Crippen LogP contribution is -2.42. The Labute approximate surface area is 869 Å². The maximum absolute atomic E-state index is 14.7. The molecule has 0 saturated carbocycles. The van der Waals surface area contributed by atoms with Gasteiger partial charge < -0.3 is 26.6 Å². The van der Waals surface area contributed by atoms with Gasteiger partial charge in [0.1, 0.15) is 5.82 Å². The average Bonchev–Trinajstić information content (AvgIpc) is 0.795. The van der Waals surface area contributed by atoms with Crippen molar-refractivity contribution in [1.29, 1.82) is 10.5 Å². The van der Waals surface area contributed by atoms with Crippen molar-refractivity contribution in [2.45, 2.75) is 128 Å². The first-order chi connectivity index (χ1) is 71.7. The van der Waals surface area contributed by atoms with Gasteiger partial charge in [-0.05, 0) is 291 Å². The lowest BCUT2D eigenvalue weighted by Gasteiger charge is -2.32. The third kappa shape index (κ3) is 27.5. The summed E-state index contributed by atoms with van der Waals surface area (Å²) in [6.07, 6.45) is 27.2. The van der Waals surface area contributed by atoms with Crippen molar-refractivity contribution in [2.24, 2.45) is 0 Å². The maximum atomic E-state index is 14.7. The molecule has 0 bridgehead atoms. The second kappa shape index (κ2) is 47.6. The highest BCUT2D eigenvalue weighted by molar-refractivity contribution is 7.89. The van der Waals surface area contributed by atoms with Crippen LogP contribution in [0.3, 0.4) is 0 Å². The number of alkyl halides is 4. The Balaban J connectivity index is 0.000000134. The van der Waals surface area contributed by atoms with Crippen LogP contribution < -0.4 is 26.6 Å². The summed E-state index contributed by atoms with van der Waals surface area (Å²) in [6.45, 7) is 10.2. The molecule has 5 aliphatic rings. The van der Waals surface area contributed by atoms with Gasteiger partial charge in [0.15, 0.2) is 0 Å². The molecule has 0 radical (unpaired) electrons. The van der Waals surface area contributed by atoms with Crippen molar-refractivity contribution in [3.05, 3.63) is 283 Å². The molecular weight excluding hydrogens is 2020 g/mol. The number of rotatable bonds is 23. The van der Waals surface area contributed by atoms with Gasteiger partial charge in [-0.3, -0.25) is 34.9 Å². The summed E-state index contributed by atoms with van der Waals surface area (Å²) in [6, 6.07) is 52.8. The number of aryl methyl sites for hydroxylation is 2. The van der Waals surface area contributed by atoms with E-state index in [0.29, 0.717) is 143 Å². The monoisotopic (exact) mass is 2140 g/mol. The molecule has 20 rings (SSSR count). The molecule has 782 valence electrons. The van der Waals surface area contributed by atoms with E-state index in [1.54, 1.807) is 104 Å². The van der Waals surface area contributed by atoms with E-state index >= 15 is 0 Å². The number of nitrogens with one attached hydrogen (secondary N) is 5. The number of nitriles is 2. The van der Waals surface area contributed by atoms with E-state index in [9.17, 15) is 79.0 Å². The molecule has 0 unspecified atom stereocenters. The zero-order valence-electron chi connectivity index (χ0n) is 83.5. The zero-order valence-corrected chi connectivity index (χ0v) is 87.6. The van der Waals surface area contributed by atoms with Crippen LogP contribution in [0, 0.1) is 48.3 Å². The molecule has 5 N–H and O–H groups in total. The van der Waals surface area contributed by atoms with Crippen LogP contribution in [0.25, 0.3) is 110 Å². The predicted molar refractivity (Wildman–Crippen MR) is 578 cm³/mol. The van der Waals surface area contributed by atoms with Gasteiger partial charge in [-0.15, -0.1) is 0 Å². The fourth-order valence-corrected chi connectivity index (χ4v) is 23.9. The quantitative estimate of drug-likeness (QED) is 0.0293. The molecule has 41 heteroatoms. The molecule has 13 heterocycles. The molecule has 5 fully saturated rings. The first-order valence-corrected chi connectivity index (χ1v) is 58.0. The second-order valence-corrected chi connectivity index (χ2v) is 48.2. The first-order valence-electron chi connectivity index (χ1n) is 49.0. The highest BCUT2D eigenvalue weighted by Crippen LogP contribution is 2.42. The Bertz CT molecular complexity index is 8010. The Kier molecular flexibility index (Phi) is 34.5. The normalized spacial score (nSPS) is 16.0. The van der Waals surface area contributed by atoms with Crippen molar-refractivity contribution in [2.75, 3.05) is 123 Å². The number of nitrogens with zero attached hydrogens (tertiary/aromatic N) is 15. The molecule has 7 aromatic carbocycles. The summed E-state index contributed by atoms with van der Waals surface area (Å²) in [4.78, 5) is 34.0. The summed E-state index contributed by atoms with van der Waals surface area (Å²) < 4.78 is 208.